The van der Waals surface area contributed by atoms with Crippen molar-refractivity contribution in [2.24, 2.45) is 7.05 Å². The van der Waals surface area contributed by atoms with Gasteiger partial charge in [-0.05, 0) is 12.1 Å². The van der Waals surface area contributed by atoms with Crippen LogP contribution in [0.5, 0.6) is 0 Å². The molecule has 0 spiro atoms. The Morgan fingerprint density at radius 3 is 2.95 bits per heavy atom. The van der Waals surface area contributed by atoms with Crippen LogP contribution >= 0.6 is 23.4 Å². The Hall–Kier alpha value is -1.30. The van der Waals surface area contributed by atoms with Crippen LogP contribution in [0.15, 0.2) is 35.6 Å². The van der Waals surface area contributed by atoms with Gasteiger partial charge in [0.15, 0.2) is 10.9 Å². The Labute approximate surface area is 120 Å². The number of carbonyl (C=O) groups excluding carboxylic acids is 1. The fraction of sp³-hybridized carbons (Fsp3) is 0.231. The summed E-state index contributed by atoms with van der Waals surface area (Å²) < 4.78 is 1.77. The van der Waals surface area contributed by atoms with Gasteiger partial charge in [0.05, 0.1) is 24.3 Å². The third-order valence-corrected chi connectivity index (χ3v) is 3.96. The van der Waals surface area contributed by atoms with E-state index in [1.807, 2.05) is 7.05 Å². The Morgan fingerprint density at radius 1 is 1.53 bits per heavy atom. The summed E-state index contributed by atoms with van der Waals surface area (Å²) >= 11 is 7.19. The average molecular weight is 297 g/mol. The highest BCUT2D eigenvalue weighted by Crippen LogP contribution is 2.19. The molecule has 19 heavy (non-hydrogen) atoms. The maximum Gasteiger partial charge on any atom is 0.173 e. The monoisotopic (exact) mass is 296 g/mol. The van der Waals surface area contributed by atoms with Gasteiger partial charge in [0.1, 0.15) is 0 Å². The SMILES string of the molecule is Cn1c(CO)cnc1SCC(=O)c1cccc(Cl)c1. The zero-order chi connectivity index (χ0) is 13.8. The summed E-state index contributed by atoms with van der Waals surface area (Å²) in [7, 11) is 1.81. The van der Waals surface area contributed by atoms with Gasteiger partial charge in [-0.25, -0.2) is 4.98 Å². The first-order chi connectivity index (χ1) is 9.11. The molecule has 1 aromatic carbocycles. The molecule has 0 amide bonds. The highest BCUT2D eigenvalue weighted by atomic mass is 35.5. The smallest absolute Gasteiger partial charge is 0.173 e. The van der Waals surface area contributed by atoms with E-state index in [1.165, 1.54) is 11.8 Å². The number of nitrogens with zero attached hydrogens (tertiary/aromatic N) is 2. The molecule has 0 aliphatic rings. The largest absolute Gasteiger partial charge is 0.390 e. The van der Waals surface area contributed by atoms with E-state index in [1.54, 1.807) is 35.0 Å². The van der Waals surface area contributed by atoms with Crippen LogP contribution in [0.3, 0.4) is 0 Å². The van der Waals surface area contributed by atoms with Crippen LogP contribution in [0, 0.1) is 0 Å². The molecule has 0 saturated heterocycles. The van der Waals surface area contributed by atoms with E-state index >= 15 is 0 Å². The number of ketones is 1. The van der Waals surface area contributed by atoms with Gasteiger partial charge in [-0.2, -0.15) is 0 Å². The van der Waals surface area contributed by atoms with Gasteiger partial charge in [0, 0.05) is 17.6 Å². The lowest BCUT2D eigenvalue weighted by Crippen LogP contribution is -2.04. The summed E-state index contributed by atoms with van der Waals surface area (Å²) in [5.74, 6) is 0.289. The number of halogens is 1. The van der Waals surface area contributed by atoms with Crippen molar-refractivity contribution in [3.63, 3.8) is 0 Å². The van der Waals surface area contributed by atoms with Crippen molar-refractivity contribution in [3.8, 4) is 0 Å². The summed E-state index contributed by atoms with van der Waals surface area (Å²) in [6.45, 7) is -0.0632. The molecule has 0 fully saturated rings. The summed E-state index contributed by atoms with van der Waals surface area (Å²) in [4.78, 5) is 16.1. The number of aliphatic hydroxyl groups excluding tert-OH is 1. The van der Waals surface area contributed by atoms with Gasteiger partial charge in [-0.15, -0.1) is 0 Å². The molecule has 1 N–H and O–H groups in total. The quantitative estimate of drug-likeness (QED) is 0.680. The molecule has 1 aromatic heterocycles. The molecule has 2 rings (SSSR count). The van der Waals surface area contributed by atoms with Gasteiger partial charge in [0.25, 0.3) is 0 Å². The van der Waals surface area contributed by atoms with Crippen molar-refractivity contribution in [1.82, 2.24) is 9.55 Å². The first-order valence-electron chi connectivity index (χ1n) is 5.65. The summed E-state index contributed by atoms with van der Waals surface area (Å²) in [5, 5.41) is 10.3. The number of aliphatic hydroxyl groups is 1. The lowest BCUT2D eigenvalue weighted by Gasteiger charge is -2.04. The van der Waals surface area contributed by atoms with E-state index in [4.69, 9.17) is 16.7 Å². The number of aromatic nitrogens is 2. The van der Waals surface area contributed by atoms with Crippen molar-refractivity contribution in [1.29, 1.82) is 0 Å². The molecular weight excluding hydrogens is 284 g/mol. The van der Waals surface area contributed by atoms with Crippen molar-refractivity contribution in [2.45, 2.75) is 11.8 Å². The van der Waals surface area contributed by atoms with Crippen molar-refractivity contribution in [2.75, 3.05) is 5.75 Å². The van der Waals surface area contributed by atoms with Crippen molar-refractivity contribution in [3.05, 3.63) is 46.7 Å². The lowest BCUT2D eigenvalue weighted by molar-refractivity contribution is 0.102. The average Bonchev–Trinajstić information content (AvgIpc) is 2.76. The number of thioether (sulfide) groups is 1. The molecule has 2 aromatic rings. The van der Waals surface area contributed by atoms with Gasteiger partial charge < -0.3 is 9.67 Å². The van der Waals surface area contributed by atoms with Crippen LogP contribution in [-0.4, -0.2) is 26.2 Å². The maximum absolute atomic E-state index is 12.0. The van der Waals surface area contributed by atoms with E-state index in [0.29, 0.717) is 15.7 Å². The minimum atomic E-state index is -0.0632. The Morgan fingerprint density at radius 2 is 2.32 bits per heavy atom. The Kier molecular flexibility index (Phi) is 4.63. The molecule has 0 atom stereocenters. The summed E-state index contributed by atoms with van der Waals surface area (Å²) in [6.07, 6.45) is 1.60. The molecular formula is C13H13ClN2O2S. The molecule has 0 unspecified atom stereocenters. The number of carbonyl (C=O) groups is 1. The zero-order valence-electron chi connectivity index (χ0n) is 10.3. The first-order valence-corrected chi connectivity index (χ1v) is 7.01. The topological polar surface area (TPSA) is 55.1 Å². The fourth-order valence-electron chi connectivity index (χ4n) is 1.58. The summed E-state index contributed by atoms with van der Waals surface area (Å²) in [6, 6.07) is 6.89. The van der Waals surface area contributed by atoms with E-state index in [0.717, 1.165) is 5.69 Å². The van der Waals surface area contributed by atoms with Crippen molar-refractivity contribution >= 4 is 29.1 Å². The van der Waals surface area contributed by atoms with Crippen LogP contribution in [0.25, 0.3) is 0 Å². The van der Waals surface area contributed by atoms with Crippen LogP contribution < -0.4 is 0 Å². The number of imidazole rings is 1. The standard InChI is InChI=1S/C13H13ClN2O2S/c1-16-11(7-17)6-15-13(16)19-8-12(18)9-3-2-4-10(14)5-9/h2-6,17H,7-8H2,1H3. The third kappa shape index (κ3) is 3.37. The molecule has 100 valence electrons. The highest BCUT2D eigenvalue weighted by molar-refractivity contribution is 7.99. The molecule has 0 radical (unpaired) electrons. The second-order valence-corrected chi connectivity index (χ2v) is 5.35. The number of hydrogen-bond acceptors (Lipinski definition) is 4. The predicted octanol–water partition coefficient (Wildman–Crippen LogP) is 2.54. The third-order valence-electron chi connectivity index (χ3n) is 2.68. The minimum absolute atomic E-state index is 0.000971. The van der Waals surface area contributed by atoms with E-state index in [2.05, 4.69) is 4.98 Å². The fourth-order valence-corrected chi connectivity index (χ4v) is 2.64. The molecule has 0 aliphatic carbocycles. The van der Waals surface area contributed by atoms with Gasteiger partial charge in [0.2, 0.25) is 0 Å². The normalized spacial score (nSPS) is 10.7. The van der Waals surface area contributed by atoms with E-state index < -0.39 is 0 Å². The summed E-state index contributed by atoms with van der Waals surface area (Å²) in [5.41, 5.74) is 1.31. The highest BCUT2D eigenvalue weighted by Gasteiger charge is 2.11. The molecule has 0 saturated carbocycles. The van der Waals surface area contributed by atoms with E-state index in [9.17, 15) is 4.79 Å². The molecule has 4 nitrogen and oxygen atoms in total. The van der Waals surface area contributed by atoms with Crippen LogP contribution in [-0.2, 0) is 13.7 Å². The van der Waals surface area contributed by atoms with Crippen LogP contribution in [0.2, 0.25) is 5.02 Å². The first kappa shape index (κ1) is 14.1. The van der Waals surface area contributed by atoms with Gasteiger partial charge >= 0.3 is 0 Å². The molecule has 0 aliphatic heterocycles. The second kappa shape index (κ2) is 6.23. The minimum Gasteiger partial charge on any atom is -0.390 e. The van der Waals surface area contributed by atoms with Gasteiger partial charge in [-0.3, -0.25) is 4.79 Å². The number of Topliss-reactive ketones (excluding diaryl/α,β-unsaturated/α-hetero) is 1. The molecule has 1 heterocycles. The number of hydrogen-bond donors (Lipinski definition) is 1. The zero-order valence-corrected chi connectivity index (χ0v) is 11.9. The maximum atomic E-state index is 12.0. The molecule has 0 bridgehead atoms. The van der Waals surface area contributed by atoms with Gasteiger partial charge in [-0.1, -0.05) is 35.5 Å². The van der Waals surface area contributed by atoms with Crippen molar-refractivity contribution < 1.29 is 9.90 Å². The number of benzene rings is 1. The number of rotatable bonds is 5. The predicted molar refractivity (Wildman–Crippen MR) is 75.6 cm³/mol. The molecule has 6 heteroatoms. The Balaban J connectivity index is 2.02. The van der Waals surface area contributed by atoms with Crippen LogP contribution in [0.1, 0.15) is 16.1 Å². The Bertz CT molecular complexity index is 598. The second-order valence-electron chi connectivity index (χ2n) is 3.97. The van der Waals surface area contributed by atoms with E-state index in [-0.39, 0.29) is 18.1 Å². The van der Waals surface area contributed by atoms with Crippen LogP contribution in [0.4, 0.5) is 0 Å². The lowest BCUT2D eigenvalue weighted by atomic mass is 10.1.